The molecular weight excluding hydrogens is 295 g/mol. The van der Waals surface area contributed by atoms with E-state index < -0.39 is 6.89 Å². The van der Waals surface area contributed by atoms with Gasteiger partial charge in [0.1, 0.15) is 0 Å². The molecule has 0 aliphatic heterocycles. The molecule has 3 aromatic rings. The molecule has 116 valence electrons. The highest BCUT2D eigenvalue weighted by atomic mass is 31.2. The molecule has 0 N–H and O–H groups in total. The summed E-state index contributed by atoms with van der Waals surface area (Å²) in [4.78, 5) is 0. The van der Waals surface area contributed by atoms with E-state index in [0.717, 1.165) is 0 Å². The van der Waals surface area contributed by atoms with Crippen molar-refractivity contribution in [2.24, 2.45) is 0 Å². The van der Waals surface area contributed by atoms with Crippen molar-refractivity contribution < 1.29 is 0 Å². The molecule has 0 heterocycles. The summed E-state index contributed by atoms with van der Waals surface area (Å²) in [5.41, 5.74) is 1.38. The zero-order chi connectivity index (χ0) is 16.3. The molecule has 0 saturated carbocycles. The Morgan fingerprint density at radius 3 is 1.39 bits per heavy atom. The Kier molecular flexibility index (Phi) is 4.55. The normalized spacial score (nSPS) is 11.6. The van der Waals surface area contributed by atoms with Gasteiger partial charge in [0.15, 0.2) is 0 Å². The van der Waals surface area contributed by atoms with Gasteiger partial charge in [-0.15, -0.1) is 0 Å². The zero-order valence-electron chi connectivity index (χ0n) is 13.8. The molecule has 0 spiro atoms. The van der Waals surface area contributed by atoms with E-state index in [1.54, 1.807) is 0 Å². The first-order chi connectivity index (χ1) is 11.1. The molecule has 0 bridgehead atoms. The van der Waals surface area contributed by atoms with Crippen LogP contribution in [0.5, 0.6) is 0 Å². The van der Waals surface area contributed by atoms with Gasteiger partial charge in [0.2, 0.25) is 0 Å². The molecule has 0 saturated heterocycles. The molecule has 3 aromatic carbocycles. The molecule has 23 heavy (non-hydrogen) atoms. The fourth-order valence-electron chi connectivity index (χ4n) is 2.93. The average Bonchev–Trinajstić information content (AvgIpc) is 2.62. The van der Waals surface area contributed by atoms with E-state index in [1.807, 2.05) is 0 Å². The van der Waals surface area contributed by atoms with E-state index in [2.05, 4.69) is 98.8 Å². The molecule has 0 atom stereocenters. The van der Waals surface area contributed by atoms with Crippen molar-refractivity contribution in [2.75, 3.05) is 0 Å². The van der Waals surface area contributed by atoms with E-state index in [4.69, 9.17) is 6.30 Å². The van der Waals surface area contributed by atoms with Gasteiger partial charge in [0, 0.05) is 0 Å². The van der Waals surface area contributed by atoms with Crippen LogP contribution in [0, 0.1) is 0 Å². The van der Waals surface area contributed by atoms with Crippen LogP contribution >= 0.6 is 6.89 Å². The van der Waals surface area contributed by atoms with Crippen molar-refractivity contribution in [3.8, 4) is 0 Å². The number of hydrogen-bond donors (Lipinski definition) is 0. The molecule has 0 aliphatic carbocycles. The third kappa shape index (κ3) is 3.05. The molecule has 0 fully saturated rings. The SMILES string of the molecule is C=P(c1ccccc1)(c1ccccc1)c1ccc(C(C)C)cc1. The van der Waals surface area contributed by atoms with Crippen LogP contribution in [0.3, 0.4) is 0 Å². The lowest BCUT2D eigenvalue weighted by Crippen LogP contribution is -2.25. The standard InChI is InChI=1S/C22H23P/c1-18(2)19-14-16-22(17-15-19)23(3,20-10-6-4-7-11-20)21-12-8-5-9-13-21/h4-18H,3H2,1-2H3. The van der Waals surface area contributed by atoms with E-state index in [1.165, 1.54) is 21.5 Å². The van der Waals surface area contributed by atoms with Crippen LogP contribution < -0.4 is 15.9 Å². The minimum atomic E-state index is -1.83. The lowest BCUT2D eigenvalue weighted by atomic mass is 10.0. The Morgan fingerprint density at radius 2 is 1.00 bits per heavy atom. The van der Waals surface area contributed by atoms with Crippen molar-refractivity contribution >= 4 is 29.1 Å². The van der Waals surface area contributed by atoms with Crippen LogP contribution in [0.1, 0.15) is 25.3 Å². The highest BCUT2D eigenvalue weighted by Gasteiger charge is 2.21. The van der Waals surface area contributed by atoms with Gasteiger partial charge in [-0.3, -0.25) is 0 Å². The topological polar surface area (TPSA) is 0 Å². The van der Waals surface area contributed by atoms with Gasteiger partial charge in [-0.1, -0.05) is 105 Å². The summed E-state index contributed by atoms with van der Waals surface area (Å²) in [5, 5.41) is 3.98. The van der Waals surface area contributed by atoms with Crippen LogP contribution in [0.4, 0.5) is 0 Å². The van der Waals surface area contributed by atoms with Gasteiger partial charge < -0.3 is 0 Å². The fraction of sp³-hybridized carbons (Fsp3) is 0.136. The minimum Gasteiger partial charge on any atom is -0.0887 e. The highest BCUT2D eigenvalue weighted by Crippen LogP contribution is 2.41. The first-order valence-corrected chi connectivity index (χ1v) is 10.0. The van der Waals surface area contributed by atoms with Crippen LogP contribution in [0.2, 0.25) is 0 Å². The van der Waals surface area contributed by atoms with E-state index in [0.29, 0.717) is 5.92 Å². The number of rotatable bonds is 4. The maximum absolute atomic E-state index is 4.77. The van der Waals surface area contributed by atoms with Crippen molar-refractivity contribution in [1.82, 2.24) is 0 Å². The molecule has 0 aromatic heterocycles. The first kappa shape index (κ1) is 15.8. The van der Waals surface area contributed by atoms with Gasteiger partial charge in [0.25, 0.3) is 0 Å². The Bertz CT molecular complexity index is 756. The molecule has 0 aliphatic rings. The summed E-state index contributed by atoms with van der Waals surface area (Å²) in [6.07, 6.45) is 4.77. The maximum Gasteiger partial charge on any atom is -0.0165 e. The van der Waals surface area contributed by atoms with Gasteiger partial charge in [-0.25, -0.2) is 0 Å². The maximum atomic E-state index is 4.77. The van der Waals surface area contributed by atoms with Gasteiger partial charge in [0.05, 0.1) is 0 Å². The number of hydrogen-bond acceptors (Lipinski definition) is 0. The largest absolute Gasteiger partial charge is 0.0887 e. The predicted octanol–water partition coefficient (Wildman–Crippen LogP) is 4.54. The lowest BCUT2D eigenvalue weighted by molar-refractivity contribution is 0.867. The lowest BCUT2D eigenvalue weighted by Gasteiger charge is -2.27. The fourth-order valence-corrected chi connectivity index (χ4v) is 5.84. The van der Waals surface area contributed by atoms with Gasteiger partial charge in [-0.05, 0) is 34.3 Å². The van der Waals surface area contributed by atoms with Crippen molar-refractivity contribution in [1.29, 1.82) is 0 Å². The summed E-state index contributed by atoms with van der Waals surface area (Å²) < 4.78 is 0. The molecule has 0 radical (unpaired) electrons. The molecule has 1 heteroatoms. The second-order valence-electron chi connectivity index (χ2n) is 6.23. The second-order valence-corrected chi connectivity index (χ2v) is 9.40. The molecule has 0 nitrogen and oxygen atoms in total. The first-order valence-electron chi connectivity index (χ1n) is 8.07. The quantitative estimate of drug-likeness (QED) is 0.620. The molecule has 0 amide bonds. The average molecular weight is 318 g/mol. The number of benzene rings is 3. The van der Waals surface area contributed by atoms with Crippen LogP contribution in [0.25, 0.3) is 0 Å². The minimum absolute atomic E-state index is 0.551. The third-order valence-electron chi connectivity index (χ3n) is 4.39. The summed E-state index contributed by atoms with van der Waals surface area (Å²) >= 11 is 0. The summed E-state index contributed by atoms with van der Waals surface area (Å²) in [5.74, 6) is 0.551. The summed E-state index contributed by atoms with van der Waals surface area (Å²) in [6, 6.07) is 30.5. The third-order valence-corrected chi connectivity index (χ3v) is 7.93. The van der Waals surface area contributed by atoms with E-state index in [9.17, 15) is 0 Å². The highest BCUT2D eigenvalue weighted by molar-refractivity contribution is 7.93. The summed E-state index contributed by atoms with van der Waals surface area (Å²) in [7, 11) is 0. The van der Waals surface area contributed by atoms with Crippen molar-refractivity contribution in [2.45, 2.75) is 19.8 Å². The van der Waals surface area contributed by atoms with Crippen LogP contribution in [-0.2, 0) is 0 Å². The van der Waals surface area contributed by atoms with Crippen molar-refractivity contribution in [3.63, 3.8) is 0 Å². The zero-order valence-corrected chi connectivity index (χ0v) is 14.7. The van der Waals surface area contributed by atoms with Gasteiger partial charge in [-0.2, -0.15) is 0 Å². The molecule has 3 rings (SSSR count). The van der Waals surface area contributed by atoms with Gasteiger partial charge >= 0.3 is 0 Å². The molecular formula is C22H23P. The predicted molar refractivity (Wildman–Crippen MR) is 106 cm³/mol. The Morgan fingerprint density at radius 1 is 0.609 bits per heavy atom. The van der Waals surface area contributed by atoms with Crippen LogP contribution in [-0.4, -0.2) is 6.30 Å². The van der Waals surface area contributed by atoms with E-state index in [-0.39, 0.29) is 0 Å². The molecule has 0 unspecified atom stereocenters. The smallest absolute Gasteiger partial charge is 0.0165 e. The Hall–Kier alpha value is -2.04. The second kappa shape index (κ2) is 6.60. The summed E-state index contributed by atoms with van der Waals surface area (Å²) in [6.45, 7) is 2.64. The Labute approximate surface area is 139 Å². The monoisotopic (exact) mass is 318 g/mol. The Balaban J connectivity index is 2.19. The van der Waals surface area contributed by atoms with Crippen LogP contribution in [0.15, 0.2) is 84.9 Å². The van der Waals surface area contributed by atoms with Crippen molar-refractivity contribution in [3.05, 3.63) is 90.5 Å². The van der Waals surface area contributed by atoms with E-state index >= 15 is 0 Å².